The first kappa shape index (κ1) is 17.5. The van der Waals surface area contributed by atoms with Gasteiger partial charge in [0, 0.05) is 21.7 Å². The number of benzene rings is 1. The van der Waals surface area contributed by atoms with Crippen molar-refractivity contribution in [1.29, 1.82) is 0 Å². The number of nitrogens with two attached hydrogens (primary N) is 1. The predicted octanol–water partition coefficient (Wildman–Crippen LogP) is 4.26. The quantitative estimate of drug-likeness (QED) is 0.617. The van der Waals surface area contributed by atoms with Crippen LogP contribution < -0.4 is 11.1 Å². The van der Waals surface area contributed by atoms with Gasteiger partial charge in [0.1, 0.15) is 11.6 Å². The maximum atomic E-state index is 12.7. The lowest BCUT2D eigenvalue weighted by Crippen LogP contribution is -2.29. The molecule has 2 heterocycles. The number of rotatable bonds is 4. The third-order valence-corrected chi connectivity index (χ3v) is 5.01. The number of hydrogen-bond acceptors (Lipinski definition) is 5. The van der Waals surface area contributed by atoms with Crippen LogP contribution in [0.5, 0.6) is 5.75 Å². The Kier molecular flexibility index (Phi) is 5.13. The third-order valence-electron chi connectivity index (χ3n) is 3.52. The molecule has 3 aromatic rings. The summed E-state index contributed by atoms with van der Waals surface area (Å²) in [6.07, 6.45) is 1.37. The Morgan fingerprint density at radius 1 is 1.28 bits per heavy atom. The molecule has 0 aliphatic heterocycles. The lowest BCUT2D eigenvalue weighted by Gasteiger charge is -2.20. The van der Waals surface area contributed by atoms with E-state index in [2.05, 4.69) is 10.3 Å². The van der Waals surface area contributed by atoms with E-state index in [0.29, 0.717) is 15.6 Å². The zero-order valence-corrected chi connectivity index (χ0v) is 15.1. The summed E-state index contributed by atoms with van der Waals surface area (Å²) in [5, 5.41) is 15.3. The summed E-state index contributed by atoms with van der Waals surface area (Å²) in [5.74, 6) is -0.307. The van der Waals surface area contributed by atoms with E-state index in [4.69, 9.17) is 28.9 Å². The van der Waals surface area contributed by atoms with E-state index in [1.807, 2.05) is 17.5 Å². The zero-order valence-electron chi connectivity index (χ0n) is 12.7. The number of halogens is 2. The summed E-state index contributed by atoms with van der Waals surface area (Å²) >= 11 is 13.6. The summed E-state index contributed by atoms with van der Waals surface area (Å²) in [5.41, 5.74) is 6.53. The van der Waals surface area contributed by atoms with Crippen LogP contribution in [0.1, 0.15) is 26.8 Å². The number of aromatic nitrogens is 1. The minimum Gasteiger partial charge on any atom is -0.508 e. The number of hydrogen-bond donors (Lipinski definition) is 3. The van der Waals surface area contributed by atoms with Crippen LogP contribution in [-0.2, 0) is 0 Å². The highest BCUT2D eigenvalue weighted by molar-refractivity contribution is 7.10. The molecule has 1 aromatic carbocycles. The van der Waals surface area contributed by atoms with Crippen molar-refractivity contribution in [3.8, 4) is 5.75 Å². The van der Waals surface area contributed by atoms with E-state index in [-0.39, 0.29) is 17.1 Å². The van der Waals surface area contributed by atoms with Gasteiger partial charge in [0.05, 0.1) is 16.6 Å². The molecule has 0 aliphatic carbocycles. The van der Waals surface area contributed by atoms with Gasteiger partial charge < -0.3 is 16.2 Å². The second-order valence-corrected chi connectivity index (χ2v) is 7.04. The Morgan fingerprint density at radius 2 is 2.08 bits per heavy atom. The highest BCUT2D eigenvalue weighted by Crippen LogP contribution is 2.33. The molecule has 0 spiro atoms. The Bertz CT molecular complexity index is 916. The summed E-state index contributed by atoms with van der Waals surface area (Å²) < 4.78 is 0. The summed E-state index contributed by atoms with van der Waals surface area (Å²) in [4.78, 5) is 17.5. The number of anilines is 1. The molecule has 0 aliphatic rings. The summed E-state index contributed by atoms with van der Waals surface area (Å²) in [6.45, 7) is 0. The molecule has 0 bridgehead atoms. The number of phenolic OH excluding ortho intramolecular Hbond substituents is 1. The van der Waals surface area contributed by atoms with E-state index >= 15 is 0 Å². The SMILES string of the molecule is Nc1ncc(Cl)cc1C(=O)NC(c1cccs1)c1cc(O)ccc1Cl. The van der Waals surface area contributed by atoms with Gasteiger partial charge in [-0.15, -0.1) is 11.3 Å². The molecule has 5 nitrogen and oxygen atoms in total. The first-order valence-corrected chi connectivity index (χ1v) is 8.83. The second-order valence-electron chi connectivity index (χ2n) is 5.21. The fraction of sp³-hybridized carbons (Fsp3) is 0.0588. The molecule has 1 amide bonds. The van der Waals surface area contributed by atoms with Crippen LogP contribution in [0.25, 0.3) is 0 Å². The molecule has 8 heteroatoms. The van der Waals surface area contributed by atoms with Gasteiger partial charge in [0.2, 0.25) is 0 Å². The lowest BCUT2D eigenvalue weighted by atomic mass is 10.0. The fourth-order valence-corrected chi connectivity index (χ4v) is 3.53. The Hall–Kier alpha value is -2.28. The Morgan fingerprint density at radius 3 is 2.80 bits per heavy atom. The smallest absolute Gasteiger partial charge is 0.255 e. The van der Waals surface area contributed by atoms with Crippen LogP contribution >= 0.6 is 34.5 Å². The normalized spacial score (nSPS) is 11.9. The van der Waals surface area contributed by atoms with Gasteiger partial charge >= 0.3 is 0 Å². The van der Waals surface area contributed by atoms with Crippen molar-refractivity contribution >= 4 is 46.3 Å². The average Bonchev–Trinajstić information content (AvgIpc) is 3.11. The fourth-order valence-electron chi connectivity index (χ4n) is 2.35. The standard InChI is InChI=1S/C17H13Cl2N3O2S/c18-9-6-12(16(20)21-8-9)17(24)22-15(14-2-1-5-25-14)11-7-10(23)3-4-13(11)19/h1-8,15,23H,(H2,20,21)(H,22,24). The minimum atomic E-state index is -0.550. The van der Waals surface area contributed by atoms with Crippen LogP contribution in [0.2, 0.25) is 10.0 Å². The van der Waals surface area contributed by atoms with Crippen LogP contribution in [0.3, 0.4) is 0 Å². The van der Waals surface area contributed by atoms with Gasteiger partial charge in [-0.3, -0.25) is 4.79 Å². The van der Waals surface area contributed by atoms with E-state index < -0.39 is 11.9 Å². The van der Waals surface area contributed by atoms with Crippen molar-refractivity contribution in [3.05, 3.63) is 74.0 Å². The Balaban J connectivity index is 2.00. The largest absolute Gasteiger partial charge is 0.508 e. The van der Waals surface area contributed by atoms with Crippen molar-refractivity contribution in [1.82, 2.24) is 10.3 Å². The molecule has 0 fully saturated rings. The van der Waals surface area contributed by atoms with Crippen LogP contribution in [0, 0.1) is 0 Å². The van der Waals surface area contributed by atoms with E-state index in [1.165, 1.54) is 35.7 Å². The number of nitrogens with one attached hydrogen (secondary N) is 1. The first-order chi connectivity index (χ1) is 12.0. The number of aromatic hydroxyl groups is 1. The van der Waals surface area contributed by atoms with Crippen LogP contribution in [-0.4, -0.2) is 16.0 Å². The molecule has 3 rings (SSSR count). The number of thiophene rings is 1. The van der Waals surface area contributed by atoms with Crippen molar-refractivity contribution < 1.29 is 9.90 Å². The summed E-state index contributed by atoms with van der Waals surface area (Å²) in [6, 6.07) is 9.22. The van der Waals surface area contributed by atoms with Crippen molar-refractivity contribution in [2.75, 3.05) is 5.73 Å². The molecule has 1 atom stereocenters. The zero-order chi connectivity index (χ0) is 18.0. The molecular formula is C17H13Cl2N3O2S. The second kappa shape index (κ2) is 7.31. The number of pyridine rings is 1. The van der Waals surface area contributed by atoms with Crippen LogP contribution in [0.4, 0.5) is 5.82 Å². The maximum Gasteiger partial charge on any atom is 0.255 e. The Labute approximate surface area is 158 Å². The molecule has 2 aromatic heterocycles. The maximum absolute atomic E-state index is 12.7. The first-order valence-electron chi connectivity index (χ1n) is 7.19. The predicted molar refractivity (Wildman–Crippen MR) is 100 cm³/mol. The topological polar surface area (TPSA) is 88.2 Å². The van der Waals surface area contributed by atoms with Gasteiger partial charge in [0.25, 0.3) is 5.91 Å². The molecule has 4 N–H and O–H groups in total. The molecule has 0 saturated carbocycles. The van der Waals surface area contributed by atoms with E-state index in [0.717, 1.165) is 4.88 Å². The van der Waals surface area contributed by atoms with Gasteiger partial charge in [-0.1, -0.05) is 29.3 Å². The monoisotopic (exact) mass is 393 g/mol. The van der Waals surface area contributed by atoms with E-state index in [1.54, 1.807) is 6.07 Å². The van der Waals surface area contributed by atoms with Crippen molar-refractivity contribution in [2.45, 2.75) is 6.04 Å². The lowest BCUT2D eigenvalue weighted by molar-refractivity contribution is 0.0944. The van der Waals surface area contributed by atoms with Crippen molar-refractivity contribution in [3.63, 3.8) is 0 Å². The number of carbonyl (C=O) groups is 1. The number of nitrogen functional groups attached to an aromatic ring is 1. The van der Waals surface area contributed by atoms with Gasteiger partial charge in [-0.2, -0.15) is 0 Å². The van der Waals surface area contributed by atoms with Crippen molar-refractivity contribution in [2.24, 2.45) is 0 Å². The summed E-state index contributed by atoms with van der Waals surface area (Å²) in [7, 11) is 0. The van der Waals surface area contributed by atoms with E-state index in [9.17, 15) is 9.90 Å². The number of nitrogens with zero attached hydrogens (tertiary/aromatic N) is 1. The molecule has 128 valence electrons. The molecule has 0 saturated heterocycles. The molecule has 0 radical (unpaired) electrons. The highest BCUT2D eigenvalue weighted by atomic mass is 35.5. The van der Waals surface area contributed by atoms with Gasteiger partial charge in [-0.25, -0.2) is 4.98 Å². The molecular weight excluding hydrogens is 381 g/mol. The minimum absolute atomic E-state index is 0.0548. The molecule has 25 heavy (non-hydrogen) atoms. The van der Waals surface area contributed by atoms with Gasteiger partial charge in [-0.05, 0) is 35.7 Å². The highest BCUT2D eigenvalue weighted by Gasteiger charge is 2.23. The van der Waals surface area contributed by atoms with Gasteiger partial charge in [0.15, 0.2) is 0 Å². The molecule has 1 unspecified atom stereocenters. The number of phenols is 1. The third kappa shape index (κ3) is 3.87. The number of amides is 1. The number of carbonyl (C=O) groups excluding carboxylic acids is 1. The average molecular weight is 394 g/mol. The van der Waals surface area contributed by atoms with Crippen LogP contribution in [0.15, 0.2) is 48.0 Å².